The maximum Gasteiger partial charge on any atom is 0.255 e. The maximum atomic E-state index is 12.0. The van der Waals surface area contributed by atoms with E-state index in [0.29, 0.717) is 30.1 Å². The van der Waals surface area contributed by atoms with Crippen LogP contribution < -0.4 is 21.9 Å². The lowest BCUT2D eigenvalue weighted by molar-refractivity contribution is 0.0946. The number of anilines is 1. The van der Waals surface area contributed by atoms with Crippen molar-refractivity contribution in [2.24, 2.45) is 5.92 Å². The molecule has 98 valence electrons. The first-order valence-electron chi connectivity index (χ1n) is 6.09. The van der Waals surface area contributed by atoms with Crippen molar-refractivity contribution in [3.63, 3.8) is 0 Å². The van der Waals surface area contributed by atoms with Crippen molar-refractivity contribution in [1.29, 1.82) is 0 Å². The normalized spacial score (nSPS) is 27.1. The largest absolute Gasteiger partial charge is 0.383 e. The number of nitrogens with zero attached hydrogens (tertiary/aromatic N) is 1. The van der Waals surface area contributed by atoms with Gasteiger partial charge in [0.05, 0.1) is 5.56 Å². The molecule has 0 bridgehead atoms. The molecule has 5 N–H and O–H groups in total. The third kappa shape index (κ3) is 2.60. The molecule has 2 heterocycles. The van der Waals surface area contributed by atoms with E-state index in [0.717, 1.165) is 0 Å². The summed E-state index contributed by atoms with van der Waals surface area (Å²) < 4.78 is 0. The maximum absolute atomic E-state index is 12.0. The van der Waals surface area contributed by atoms with E-state index in [-0.39, 0.29) is 11.7 Å². The van der Waals surface area contributed by atoms with Gasteiger partial charge in [0.15, 0.2) is 0 Å². The molecule has 1 saturated heterocycles. The Balaban J connectivity index is 1.95. The van der Waals surface area contributed by atoms with Crippen LogP contribution in [0.4, 0.5) is 5.82 Å². The van der Waals surface area contributed by atoms with E-state index in [4.69, 9.17) is 5.73 Å². The molecule has 0 spiro atoms. The molecule has 0 aliphatic carbocycles. The summed E-state index contributed by atoms with van der Waals surface area (Å²) in [7, 11) is 0. The summed E-state index contributed by atoms with van der Waals surface area (Å²) in [6.45, 7) is 4.78. The van der Waals surface area contributed by atoms with Crippen LogP contribution in [-0.4, -0.2) is 29.5 Å². The highest BCUT2D eigenvalue weighted by molar-refractivity contribution is 5.98. The van der Waals surface area contributed by atoms with E-state index in [9.17, 15) is 4.79 Å². The van der Waals surface area contributed by atoms with Gasteiger partial charge in [-0.05, 0) is 26.0 Å². The van der Waals surface area contributed by atoms with Gasteiger partial charge in [-0.25, -0.2) is 4.98 Å². The summed E-state index contributed by atoms with van der Waals surface area (Å²) in [5.41, 5.74) is 12.4. The van der Waals surface area contributed by atoms with Crippen LogP contribution in [0.25, 0.3) is 0 Å². The lowest BCUT2D eigenvalue weighted by Gasteiger charge is -2.18. The summed E-state index contributed by atoms with van der Waals surface area (Å²) >= 11 is 0. The SMILES string of the molecule is CC1NNC(C)C1CNC(=O)c1cccnc1N. The molecule has 18 heavy (non-hydrogen) atoms. The van der Waals surface area contributed by atoms with E-state index in [1.165, 1.54) is 0 Å². The monoisotopic (exact) mass is 249 g/mol. The number of rotatable bonds is 3. The van der Waals surface area contributed by atoms with Crippen LogP contribution in [0.1, 0.15) is 24.2 Å². The highest BCUT2D eigenvalue weighted by atomic mass is 16.1. The molecule has 6 nitrogen and oxygen atoms in total. The first-order chi connectivity index (χ1) is 8.59. The number of hydrogen-bond donors (Lipinski definition) is 4. The molecule has 1 fully saturated rings. The van der Waals surface area contributed by atoms with E-state index >= 15 is 0 Å². The van der Waals surface area contributed by atoms with Crippen LogP contribution >= 0.6 is 0 Å². The van der Waals surface area contributed by atoms with Crippen molar-refractivity contribution >= 4 is 11.7 Å². The number of nitrogens with one attached hydrogen (secondary N) is 3. The van der Waals surface area contributed by atoms with E-state index in [1.807, 2.05) is 0 Å². The molecule has 2 atom stereocenters. The topological polar surface area (TPSA) is 92.1 Å². The molecule has 6 heteroatoms. The van der Waals surface area contributed by atoms with Gasteiger partial charge in [-0.2, -0.15) is 0 Å². The number of pyridine rings is 1. The van der Waals surface area contributed by atoms with Gasteiger partial charge in [-0.1, -0.05) is 0 Å². The fourth-order valence-electron chi connectivity index (χ4n) is 2.18. The second-order valence-electron chi connectivity index (χ2n) is 4.68. The van der Waals surface area contributed by atoms with E-state index < -0.39 is 0 Å². The second-order valence-corrected chi connectivity index (χ2v) is 4.68. The Kier molecular flexibility index (Phi) is 3.78. The summed E-state index contributed by atoms with van der Waals surface area (Å²) in [5.74, 6) is 0.442. The molecule has 0 radical (unpaired) electrons. The van der Waals surface area contributed by atoms with Gasteiger partial charge in [0.1, 0.15) is 5.82 Å². The molecule has 1 amide bonds. The van der Waals surface area contributed by atoms with E-state index in [2.05, 4.69) is 35.0 Å². The van der Waals surface area contributed by atoms with Crippen LogP contribution in [0.2, 0.25) is 0 Å². The molecule has 0 saturated carbocycles. The average molecular weight is 249 g/mol. The third-order valence-electron chi connectivity index (χ3n) is 3.40. The first-order valence-corrected chi connectivity index (χ1v) is 6.09. The number of amides is 1. The number of carbonyl (C=O) groups excluding carboxylic acids is 1. The Labute approximate surface area is 106 Å². The van der Waals surface area contributed by atoms with Gasteiger partial charge < -0.3 is 11.1 Å². The molecule has 2 unspecified atom stereocenters. The summed E-state index contributed by atoms with van der Waals surface area (Å²) in [6, 6.07) is 4.03. The predicted octanol–water partition coefficient (Wildman–Crippen LogP) is -0.105. The van der Waals surface area contributed by atoms with Crippen LogP contribution in [0.15, 0.2) is 18.3 Å². The van der Waals surface area contributed by atoms with Gasteiger partial charge in [0.2, 0.25) is 0 Å². The highest BCUT2D eigenvalue weighted by Crippen LogP contribution is 2.14. The zero-order chi connectivity index (χ0) is 13.1. The fourth-order valence-corrected chi connectivity index (χ4v) is 2.18. The Bertz CT molecular complexity index is 426. The fraction of sp³-hybridized carbons (Fsp3) is 0.500. The van der Waals surface area contributed by atoms with Crippen molar-refractivity contribution in [3.8, 4) is 0 Å². The van der Waals surface area contributed by atoms with Crippen molar-refractivity contribution in [2.75, 3.05) is 12.3 Å². The van der Waals surface area contributed by atoms with Gasteiger partial charge >= 0.3 is 0 Å². The van der Waals surface area contributed by atoms with Crippen molar-refractivity contribution in [2.45, 2.75) is 25.9 Å². The molecule has 1 aliphatic heterocycles. The summed E-state index contributed by atoms with van der Waals surface area (Å²) in [4.78, 5) is 15.9. The lowest BCUT2D eigenvalue weighted by atomic mass is 9.96. The number of carbonyl (C=O) groups is 1. The molecule has 2 rings (SSSR count). The molecule has 1 aromatic heterocycles. The number of hydrogen-bond acceptors (Lipinski definition) is 5. The standard InChI is InChI=1S/C12H19N5O/c1-7-10(8(2)17-16-7)6-15-12(18)9-4-3-5-14-11(9)13/h3-5,7-8,10,16-17H,6H2,1-2H3,(H2,13,14)(H,15,18). The zero-order valence-corrected chi connectivity index (χ0v) is 10.6. The quantitative estimate of drug-likeness (QED) is 0.600. The predicted molar refractivity (Wildman–Crippen MR) is 69.7 cm³/mol. The number of hydrazine groups is 1. The number of nitrogen functional groups attached to an aromatic ring is 1. The minimum absolute atomic E-state index is 0.174. The number of aromatic nitrogens is 1. The molecular formula is C12H19N5O. The minimum atomic E-state index is -0.174. The Morgan fingerprint density at radius 2 is 2.11 bits per heavy atom. The Hall–Kier alpha value is -1.66. The third-order valence-corrected chi connectivity index (χ3v) is 3.40. The van der Waals surface area contributed by atoms with Gasteiger partial charge in [-0.3, -0.25) is 15.6 Å². The van der Waals surface area contributed by atoms with Gasteiger partial charge in [-0.15, -0.1) is 0 Å². The van der Waals surface area contributed by atoms with Crippen LogP contribution in [-0.2, 0) is 0 Å². The van der Waals surface area contributed by atoms with Gasteiger partial charge in [0.25, 0.3) is 5.91 Å². The summed E-state index contributed by atoms with van der Waals surface area (Å²) in [6.07, 6.45) is 1.57. The smallest absolute Gasteiger partial charge is 0.255 e. The Morgan fingerprint density at radius 3 is 2.72 bits per heavy atom. The number of nitrogens with two attached hydrogens (primary N) is 1. The van der Waals surface area contributed by atoms with Crippen molar-refractivity contribution < 1.29 is 4.79 Å². The van der Waals surface area contributed by atoms with Crippen molar-refractivity contribution in [3.05, 3.63) is 23.9 Å². The highest BCUT2D eigenvalue weighted by Gasteiger charge is 2.29. The van der Waals surface area contributed by atoms with Crippen LogP contribution in [0.3, 0.4) is 0 Å². The van der Waals surface area contributed by atoms with Crippen LogP contribution in [0, 0.1) is 5.92 Å². The summed E-state index contributed by atoms with van der Waals surface area (Å²) in [5, 5.41) is 2.90. The molecule has 1 aliphatic rings. The molecular weight excluding hydrogens is 230 g/mol. The first kappa shape index (κ1) is 12.8. The van der Waals surface area contributed by atoms with E-state index in [1.54, 1.807) is 18.3 Å². The molecule has 0 aromatic carbocycles. The minimum Gasteiger partial charge on any atom is -0.383 e. The second kappa shape index (κ2) is 5.32. The van der Waals surface area contributed by atoms with Crippen LogP contribution in [0.5, 0.6) is 0 Å². The Morgan fingerprint density at radius 1 is 1.44 bits per heavy atom. The average Bonchev–Trinajstić information content (AvgIpc) is 2.67. The van der Waals surface area contributed by atoms with Crippen molar-refractivity contribution in [1.82, 2.24) is 21.2 Å². The molecule has 1 aromatic rings. The zero-order valence-electron chi connectivity index (χ0n) is 10.6. The lowest BCUT2D eigenvalue weighted by Crippen LogP contribution is -2.37. The van der Waals surface area contributed by atoms with Gasteiger partial charge in [0, 0.05) is 30.7 Å².